The SMILES string of the molecule is C=CCN1C(=O)C(C)Oc2ccc(NC(=O)c3cc(OCC)c(OCC)c(OCC)c3)cc21. The van der Waals surface area contributed by atoms with Crippen LogP contribution in [-0.2, 0) is 4.79 Å². The van der Waals surface area contributed by atoms with Crippen LogP contribution >= 0.6 is 0 Å². The predicted octanol–water partition coefficient (Wildman–Crippen LogP) is 4.43. The minimum atomic E-state index is -0.587. The van der Waals surface area contributed by atoms with Crippen molar-refractivity contribution >= 4 is 23.2 Å². The number of carbonyl (C=O) groups excluding carboxylic acids is 2. The summed E-state index contributed by atoms with van der Waals surface area (Å²) in [5, 5.41) is 2.88. The monoisotopic (exact) mass is 454 g/mol. The van der Waals surface area contributed by atoms with Crippen LogP contribution in [0.5, 0.6) is 23.0 Å². The first-order valence-corrected chi connectivity index (χ1v) is 11.0. The molecule has 1 N–H and O–H groups in total. The first-order chi connectivity index (χ1) is 15.9. The van der Waals surface area contributed by atoms with Gasteiger partial charge < -0.3 is 29.2 Å². The van der Waals surface area contributed by atoms with Gasteiger partial charge in [0.25, 0.3) is 11.8 Å². The second-order valence-corrected chi connectivity index (χ2v) is 7.23. The summed E-state index contributed by atoms with van der Waals surface area (Å²) in [6.07, 6.45) is 1.06. The molecule has 8 heteroatoms. The summed E-state index contributed by atoms with van der Waals surface area (Å²) in [4.78, 5) is 27.2. The van der Waals surface area contributed by atoms with Gasteiger partial charge in [0, 0.05) is 17.8 Å². The Morgan fingerprint density at radius 3 is 2.30 bits per heavy atom. The fourth-order valence-electron chi connectivity index (χ4n) is 3.53. The molecule has 1 heterocycles. The van der Waals surface area contributed by atoms with Gasteiger partial charge >= 0.3 is 0 Å². The quantitative estimate of drug-likeness (QED) is 0.535. The molecule has 2 aromatic rings. The minimum Gasteiger partial charge on any atom is -0.490 e. The maximum Gasteiger partial charge on any atom is 0.268 e. The normalized spacial score (nSPS) is 14.7. The third kappa shape index (κ3) is 5.22. The standard InChI is InChI=1S/C25H30N2O6/c1-6-12-27-19-15-18(10-11-20(19)33-16(5)25(27)29)26-24(28)17-13-21(30-7-2)23(32-9-4)22(14-17)31-8-3/h6,10-11,13-16H,1,7-9,12H2,2-5H3,(H,26,28). The molecule has 1 atom stereocenters. The van der Waals surface area contributed by atoms with Gasteiger partial charge in [-0.3, -0.25) is 9.59 Å². The number of fused-ring (bicyclic) bond motifs is 1. The summed E-state index contributed by atoms with van der Waals surface area (Å²) in [7, 11) is 0. The lowest BCUT2D eigenvalue weighted by atomic mass is 10.1. The lowest BCUT2D eigenvalue weighted by molar-refractivity contribution is -0.125. The van der Waals surface area contributed by atoms with Crippen LogP contribution in [0.1, 0.15) is 38.1 Å². The van der Waals surface area contributed by atoms with Gasteiger partial charge in [-0.05, 0) is 58.0 Å². The Morgan fingerprint density at radius 1 is 1.09 bits per heavy atom. The van der Waals surface area contributed by atoms with Gasteiger partial charge in [-0.25, -0.2) is 0 Å². The molecular weight excluding hydrogens is 424 g/mol. The van der Waals surface area contributed by atoms with Gasteiger partial charge in [-0.1, -0.05) is 6.08 Å². The van der Waals surface area contributed by atoms with Crippen molar-refractivity contribution < 1.29 is 28.5 Å². The van der Waals surface area contributed by atoms with Crippen LogP contribution in [0.3, 0.4) is 0 Å². The van der Waals surface area contributed by atoms with E-state index in [2.05, 4.69) is 11.9 Å². The Labute approximate surface area is 194 Å². The first kappa shape index (κ1) is 24.0. The average molecular weight is 455 g/mol. The molecule has 0 aromatic heterocycles. The van der Waals surface area contributed by atoms with Crippen LogP contribution in [0.15, 0.2) is 43.0 Å². The van der Waals surface area contributed by atoms with E-state index in [1.54, 1.807) is 48.2 Å². The molecule has 0 aliphatic carbocycles. The van der Waals surface area contributed by atoms with E-state index in [0.29, 0.717) is 66.3 Å². The van der Waals surface area contributed by atoms with E-state index in [1.807, 2.05) is 20.8 Å². The van der Waals surface area contributed by atoms with Crippen LogP contribution in [0.4, 0.5) is 11.4 Å². The van der Waals surface area contributed by atoms with Crippen molar-refractivity contribution in [3.63, 3.8) is 0 Å². The van der Waals surface area contributed by atoms with Crippen LogP contribution in [0.2, 0.25) is 0 Å². The van der Waals surface area contributed by atoms with E-state index < -0.39 is 6.10 Å². The van der Waals surface area contributed by atoms with Crippen molar-refractivity contribution in [2.24, 2.45) is 0 Å². The molecule has 2 amide bonds. The summed E-state index contributed by atoms with van der Waals surface area (Å²) in [5.74, 6) is 1.39. The minimum absolute atomic E-state index is 0.167. The molecular formula is C25H30N2O6. The largest absolute Gasteiger partial charge is 0.490 e. The van der Waals surface area contributed by atoms with Crippen molar-refractivity contribution in [2.45, 2.75) is 33.8 Å². The molecule has 1 aliphatic heterocycles. The summed E-state index contributed by atoms with van der Waals surface area (Å²) >= 11 is 0. The Morgan fingerprint density at radius 2 is 1.73 bits per heavy atom. The molecule has 0 saturated carbocycles. The van der Waals surface area contributed by atoms with E-state index in [0.717, 1.165) is 0 Å². The molecule has 0 saturated heterocycles. The molecule has 0 spiro atoms. The molecule has 0 bridgehead atoms. The second kappa shape index (κ2) is 10.8. The number of hydrogen-bond acceptors (Lipinski definition) is 6. The molecule has 33 heavy (non-hydrogen) atoms. The maximum atomic E-state index is 13.1. The highest BCUT2D eigenvalue weighted by molar-refractivity contribution is 6.06. The van der Waals surface area contributed by atoms with Gasteiger partial charge in [0.05, 0.1) is 25.5 Å². The highest BCUT2D eigenvalue weighted by atomic mass is 16.5. The number of carbonyl (C=O) groups is 2. The van der Waals surface area contributed by atoms with Gasteiger partial charge in [-0.15, -0.1) is 6.58 Å². The zero-order chi connectivity index (χ0) is 24.0. The fraction of sp³-hybridized carbons (Fsp3) is 0.360. The number of anilines is 2. The molecule has 0 radical (unpaired) electrons. The van der Waals surface area contributed by atoms with Crippen molar-refractivity contribution in [1.82, 2.24) is 0 Å². The lowest BCUT2D eigenvalue weighted by Crippen LogP contribution is -2.44. The van der Waals surface area contributed by atoms with Crippen molar-refractivity contribution in [1.29, 1.82) is 0 Å². The van der Waals surface area contributed by atoms with E-state index >= 15 is 0 Å². The Hall–Kier alpha value is -3.68. The third-order valence-electron chi connectivity index (χ3n) is 4.91. The zero-order valence-corrected chi connectivity index (χ0v) is 19.5. The maximum absolute atomic E-state index is 13.1. The van der Waals surface area contributed by atoms with Crippen LogP contribution in [0, 0.1) is 0 Å². The summed E-state index contributed by atoms with van der Waals surface area (Å²) in [6, 6.07) is 8.43. The van der Waals surface area contributed by atoms with Crippen LogP contribution in [0.25, 0.3) is 0 Å². The van der Waals surface area contributed by atoms with Crippen molar-refractivity contribution in [3.05, 3.63) is 48.6 Å². The van der Waals surface area contributed by atoms with Gasteiger partial charge in [0.2, 0.25) is 5.75 Å². The van der Waals surface area contributed by atoms with Gasteiger partial charge in [-0.2, -0.15) is 0 Å². The molecule has 176 valence electrons. The molecule has 0 fully saturated rings. The number of rotatable bonds is 10. The Bertz CT molecular complexity index is 1010. The number of nitrogens with one attached hydrogen (secondary N) is 1. The van der Waals surface area contributed by atoms with Gasteiger partial charge in [0.15, 0.2) is 17.6 Å². The third-order valence-corrected chi connectivity index (χ3v) is 4.91. The van der Waals surface area contributed by atoms with Crippen molar-refractivity contribution in [3.8, 4) is 23.0 Å². The van der Waals surface area contributed by atoms with Crippen LogP contribution < -0.4 is 29.2 Å². The molecule has 1 aliphatic rings. The summed E-state index contributed by atoms with van der Waals surface area (Å²) in [5.41, 5.74) is 1.45. The smallest absolute Gasteiger partial charge is 0.268 e. The molecule has 1 unspecified atom stereocenters. The lowest BCUT2D eigenvalue weighted by Gasteiger charge is -2.32. The first-order valence-electron chi connectivity index (χ1n) is 11.0. The number of benzene rings is 2. The predicted molar refractivity (Wildman–Crippen MR) is 127 cm³/mol. The van der Waals surface area contributed by atoms with E-state index in [9.17, 15) is 9.59 Å². The van der Waals surface area contributed by atoms with E-state index in [4.69, 9.17) is 18.9 Å². The van der Waals surface area contributed by atoms with E-state index in [-0.39, 0.29) is 11.8 Å². The highest BCUT2D eigenvalue weighted by Crippen LogP contribution is 2.40. The number of hydrogen-bond donors (Lipinski definition) is 1. The fourth-order valence-corrected chi connectivity index (χ4v) is 3.53. The highest BCUT2D eigenvalue weighted by Gasteiger charge is 2.31. The average Bonchev–Trinajstić information content (AvgIpc) is 2.79. The molecule has 8 nitrogen and oxygen atoms in total. The Balaban J connectivity index is 1.92. The topological polar surface area (TPSA) is 86.3 Å². The van der Waals surface area contributed by atoms with Crippen molar-refractivity contribution in [2.75, 3.05) is 36.6 Å². The van der Waals surface area contributed by atoms with E-state index in [1.165, 1.54) is 0 Å². The number of amides is 2. The second-order valence-electron chi connectivity index (χ2n) is 7.23. The number of ether oxygens (including phenoxy) is 4. The summed E-state index contributed by atoms with van der Waals surface area (Å²) < 4.78 is 22.8. The molecule has 2 aromatic carbocycles. The summed E-state index contributed by atoms with van der Waals surface area (Å²) in [6.45, 7) is 12.6. The molecule has 3 rings (SSSR count). The zero-order valence-electron chi connectivity index (χ0n) is 19.5. The van der Waals surface area contributed by atoms with Crippen LogP contribution in [-0.4, -0.2) is 44.3 Å². The number of nitrogens with zero attached hydrogens (tertiary/aromatic N) is 1. The Kier molecular flexibility index (Phi) is 7.82. The van der Waals surface area contributed by atoms with Gasteiger partial charge in [0.1, 0.15) is 5.75 Å².